The van der Waals surface area contributed by atoms with Gasteiger partial charge in [-0.2, -0.15) is 26.3 Å². The predicted octanol–water partition coefficient (Wildman–Crippen LogP) is 5.74. The molecule has 0 amide bonds. The fraction of sp³-hybridized carbons (Fsp3) is 0.462. The zero-order valence-corrected chi connectivity index (χ0v) is 22.1. The first-order valence-electron chi connectivity index (χ1n) is 12.3. The van der Waals surface area contributed by atoms with E-state index in [4.69, 9.17) is 9.47 Å². The fourth-order valence-electron chi connectivity index (χ4n) is 4.74. The van der Waals surface area contributed by atoms with Gasteiger partial charge in [-0.3, -0.25) is 4.90 Å². The lowest BCUT2D eigenvalue weighted by atomic mass is 10.0. The van der Waals surface area contributed by atoms with Gasteiger partial charge in [-0.15, -0.1) is 5.10 Å². The van der Waals surface area contributed by atoms with Gasteiger partial charge < -0.3 is 14.4 Å². The summed E-state index contributed by atoms with van der Waals surface area (Å²) in [7, 11) is 5.40. The molecule has 3 atom stereocenters. The average molecular weight is 576 g/mol. The monoisotopic (exact) mass is 575 g/mol. The summed E-state index contributed by atoms with van der Waals surface area (Å²) in [5.41, 5.74) is -1.99. The second kappa shape index (κ2) is 11.3. The van der Waals surface area contributed by atoms with Crippen molar-refractivity contribution in [2.24, 2.45) is 7.05 Å². The molecule has 0 unspecified atom stereocenters. The van der Waals surface area contributed by atoms with Crippen LogP contribution in [0.1, 0.15) is 47.0 Å². The van der Waals surface area contributed by atoms with Crippen LogP contribution in [0.5, 0.6) is 0 Å². The topological polar surface area (TPSA) is 55.7 Å². The maximum Gasteiger partial charge on any atom is 0.416 e. The Balaban J connectivity index is 1.69. The van der Waals surface area contributed by atoms with E-state index in [-0.39, 0.29) is 24.8 Å². The van der Waals surface area contributed by atoms with Gasteiger partial charge in [0.1, 0.15) is 11.5 Å². The van der Waals surface area contributed by atoms with E-state index < -0.39 is 47.7 Å². The molecule has 0 aliphatic carbocycles. The van der Waals surface area contributed by atoms with Crippen molar-refractivity contribution in [1.82, 2.24) is 19.9 Å². The Bertz CT molecular complexity index is 1280. The van der Waals surface area contributed by atoms with E-state index in [0.29, 0.717) is 29.9 Å². The third-order valence-corrected chi connectivity index (χ3v) is 6.58. The van der Waals surface area contributed by atoms with Crippen LogP contribution >= 0.6 is 0 Å². The predicted molar refractivity (Wildman–Crippen MR) is 131 cm³/mol. The quantitative estimate of drug-likeness (QED) is 0.336. The largest absolute Gasteiger partial charge is 0.416 e. The zero-order valence-electron chi connectivity index (χ0n) is 22.1. The lowest BCUT2D eigenvalue weighted by Gasteiger charge is -2.42. The molecule has 0 saturated carbocycles. The number of halogens is 7. The molecule has 0 radical (unpaired) electrons. The van der Waals surface area contributed by atoms with Crippen LogP contribution in [0, 0.1) is 5.82 Å². The van der Waals surface area contributed by atoms with Gasteiger partial charge in [0.25, 0.3) is 0 Å². The molecule has 1 fully saturated rings. The van der Waals surface area contributed by atoms with Gasteiger partial charge in [0.15, 0.2) is 12.1 Å². The number of ether oxygens (including phenoxy) is 2. The standard InChI is InChI=1S/C26H28F7N5O2/c1-15(17-11-18(25(28,29)30)13-19(12-17)26(31,32)33)40-24-22(16-5-7-20(27)8-6-16)38(9-10-39-24)14-21-23(36(2)3)37(4)35-34-21/h5-8,11-13,15,22,24H,9-10,14H2,1-4H3/t15-,22+,24-/m1/s1. The molecular formula is C26H28F7N5O2. The molecule has 1 aromatic heterocycles. The van der Waals surface area contributed by atoms with Crippen molar-refractivity contribution >= 4 is 5.82 Å². The highest BCUT2D eigenvalue weighted by molar-refractivity contribution is 5.42. The second-order valence-corrected chi connectivity index (χ2v) is 9.70. The normalized spacial score (nSPS) is 19.6. The number of aryl methyl sites for hydroxylation is 1. The number of rotatable bonds is 7. The molecule has 4 rings (SSSR count). The van der Waals surface area contributed by atoms with Gasteiger partial charge in [-0.1, -0.05) is 17.3 Å². The second-order valence-electron chi connectivity index (χ2n) is 9.70. The number of nitrogens with zero attached hydrogens (tertiary/aromatic N) is 5. The minimum absolute atomic E-state index is 0.0691. The van der Waals surface area contributed by atoms with Crippen LogP contribution in [0.25, 0.3) is 0 Å². The molecule has 14 heteroatoms. The van der Waals surface area contributed by atoms with Crippen LogP contribution < -0.4 is 4.90 Å². The Morgan fingerprint density at radius 3 is 2.17 bits per heavy atom. The van der Waals surface area contributed by atoms with Crippen molar-refractivity contribution in [1.29, 1.82) is 0 Å². The van der Waals surface area contributed by atoms with Crippen LogP contribution in [-0.4, -0.2) is 53.4 Å². The van der Waals surface area contributed by atoms with Crippen molar-refractivity contribution in [2.75, 3.05) is 32.1 Å². The fourth-order valence-corrected chi connectivity index (χ4v) is 4.74. The minimum Gasteiger partial charge on any atom is -0.361 e. The maximum absolute atomic E-state index is 13.8. The molecule has 40 heavy (non-hydrogen) atoms. The first kappa shape index (κ1) is 29.7. The highest BCUT2D eigenvalue weighted by atomic mass is 19.4. The minimum atomic E-state index is -4.99. The van der Waals surface area contributed by atoms with Gasteiger partial charge in [-0.25, -0.2) is 9.07 Å². The van der Waals surface area contributed by atoms with Gasteiger partial charge in [-0.05, 0) is 48.4 Å². The SMILES string of the molecule is C[C@@H](O[C@H]1OCCN(Cc2nnn(C)c2N(C)C)[C@H]1c1ccc(F)cc1)c1cc(C(F)(F)F)cc(C(F)(F)F)c1. The van der Waals surface area contributed by atoms with Crippen molar-refractivity contribution in [2.45, 2.75) is 44.3 Å². The molecule has 2 aromatic carbocycles. The first-order chi connectivity index (χ1) is 18.6. The van der Waals surface area contributed by atoms with Crippen molar-refractivity contribution in [3.05, 3.63) is 76.2 Å². The van der Waals surface area contributed by atoms with Crippen molar-refractivity contribution < 1.29 is 40.2 Å². The van der Waals surface area contributed by atoms with E-state index >= 15 is 0 Å². The van der Waals surface area contributed by atoms with Crippen LogP contribution in [0.3, 0.4) is 0 Å². The smallest absolute Gasteiger partial charge is 0.361 e. The van der Waals surface area contributed by atoms with Crippen LogP contribution in [0.2, 0.25) is 0 Å². The molecule has 0 N–H and O–H groups in total. The number of hydrogen-bond donors (Lipinski definition) is 0. The van der Waals surface area contributed by atoms with Crippen molar-refractivity contribution in [3.8, 4) is 0 Å². The number of benzene rings is 2. The number of aromatic nitrogens is 3. The van der Waals surface area contributed by atoms with Gasteiger partial charge >= 0.3 is 12.4 Å². The summed E-state index contributed by atoms with van der Waals surface area (Å²) >= 11 is 0. The van der Waals surface area contributed by atoms with Crippen LogP contribution in [-0.2, 0) is 35.4 Å². The highest BCUT2D eigenvalue weighted by Gasteiger charge is 2.39. The zero-order chi connectivity index (χ0) is 29.4. The summed E-state index contributed by atoms with van der Waals surface area (Å²) < 4.78 is 108. The highest BCUT2D eigenvalue weighted by Crippen LogP contribution is 2.40. The summed E-state index contributed by atoms with van der Waals surface area (Å²) in [6.45, 7) is 2.17. The lowest BCUT2D eigenvalue weighted by molar-refractivity contribution is -0.231. The molecular weight excluding hydrogens is 547 g/mol. The van der Waals surface area contributed by atoms with E-state index in [9.17, 15) is 30.7 Å². The van der Waals surface area contributed by atoms with Crippen LogP contribution in [0.15, 0.2) is 42.5 Å². The molecule has 0 bridgehead atoms. The first-order valence-corrected chi connectivity index (χ1v) is 12.3. The summed E-state index contributed by atoms with van der Waals surface area (Å²) in [6.07, 6.45) is -12.3. The molecule has 7 nitrogen and oxygen atoms in total. The third-order valence-electron chi connectivity index (χ3n) is 6.58. The van der Waals surface area contributed by atoms with Gasteiger partial charge in [0.2, 0.25) is 0 Å². The van der Waals surface area contributed by atoms with E-state index in [1.807, 2.05) is 23.9 Å². The Morgan fingerprint density at radius 2 is 1.62 bits per heavy atom. The third kappa shape index (κ3) is 6.56. The lowest BCUT2D eigenvalue weighted by Crippen LogP contribution is -2.46. The molecule has 1 aliphatic rings. The Kier molecular flexibility index (Phi) is 8.43. The number of anilines is 1. The number of morpholine rings is 1. The number of alkyl halides is 6. The molecule has 2 heterocycles. The molecule has 218 valence electrons. The van der Waals surface area contributed by atoms with E-state index in [1.54, 1.807) is 11.7 Å². The Labute approximate surface area is 226 Å². The van der Waals surface area contributed by atoms with E-state index in [0.717, 1.165) is 5.82 Å². The van der Waals surface area contributed by atoms with Crippen molar-refractivity contribution in [3.63, 3.8) is 0 Å². The Hall–Kier alpha value is -3.23. The van der Waals surface area contributed by atoms with E-state index in [1.165, 1.54) is 31.2 Å². The Morgan fingerprint density at radius 1 is 1.02 bits per heavy atom. The summed E-state index contributed by atoms with van der Waals surface area (Å²) in [5, 5.41) is 8.33. The average Bonchev–Trinajstić information content (AvgIpc) is 3.23. The summed E-state index contributed by atoms with van der Waals surface area (Å²) in [6, 6.07) is 6.20. The molecule has 3 aromatic rings. The molecule has 0 spiro atoms. The van der Waals surface area contributed by atoms with E-state index in [2.05, 4.69) is 10.3 Å². The maximum atomic E-state index is 13.8. The molecule has 1 aliphatic heterocycles. The van der Waals surface area contributed by atoms with Gasteiger partial charge in [0.05, 0.1) is 29.9 Å². The van der Waals surface area contributed by atoms with Crippen LogP contribution in [0.4, 0.5) is 36.6 Å². The number of hydrogen-bond acceptors (Lipinski definition) is 6. The summed E-state index contributed by atoms with van der Waals surface area (Å²) in [5.74, 6) is 0.254. The van der Waals surface area contributed by atoms with Gasteiger partial charge in [0, 0.05) is 34.2 Å². The molecule has 1 saturated heterocycles. The summed E-state index contributed by atoms with van der Waals surface area (Å²) in [4.78, 5) is 3.78.